The smallest absolute Gasteiger partial charge is 0.270 e. The van der Waals surface area contributed by atoms with Crippen LogP contribution in [0.15, 0.2) is 121 Å². The Morgan fingerprint density at radius 1 is 0.756 bits per heavy atom. The second-order valence-electron chi connectivity index (χ2n) is 9.29. The minimum absolute atomic E-state index is 0.116. The molecule has 1 aromatic heterocycles. The predicted octanol–water partition coefficient (Wildman–Crippen LogP) is 7.44. The topological polar surface area (TPSA) is 54.3 Å². The zero-order chi connectivity index (χ0) is 28.5. The molecule has 8 heteroatoms. The van der Waals surface area contributed by atoms with E-state index in [2.05, 4.69) is 9.88 Å². The minimum Gasteiger partial charge on any atom is -0.309 e. The number of para-hydroxylation sites is 1. The van der Waals surface area contributed by atoms with Crippen LogP contribution in [0.5, 0.6) is 0 Å². The lowest BCUT2D eigenvalue weighted by molar-refractivity contribution is -0.122. The molecule has 1 aliphatic heterocycles. The van der Waals surface area contributed by atoms with Crippen LogP contribution in [-0.2, 0) is 9.59 Å². The van der Waals surface area contributed by atoms with E-state index in [-0.39, 0.29) is 21.4 Å². The highest BCUT2D eigenvalue weighted by atomic mass is 35.5. The fourth-order valence-electron chi connectivity index (χ4n) is 4.87. The van der Waals surface area contributed by atoms with Crippen molar-refractivity contribution in [3.8, 4) is 28.2 Å². The molecular weight excluding hydrogens is 557 g/mol. The molecule has 200 valence electrons. The van der Waals surface area contributed by atoms with Crippen molar-refractivity contribution < 1.29 is 14.0 Å². The number of nitrogens with one attached hydrogen (secondary N) is 1. The Morgan fingerprint density at radius 2 is 1.37 bits per heavy atom. The summed E-state index contributed by atoms with van der Waals surface area (Å²) in [5, 5.41) is 2.31. The molecule has 0 atom stereocenters. The fraction of sp³-hybridized carbons (Fsp3) is 0. The summed E-state index contributed by atoms with van der Waals surface area (Å²) in [6.45, 7) is 0. The third-order valence-corrected chi connectivity index (χ3v) is 7.30. The number of nitrogens with zero attached hydrogens (tertiary/aromatic N) is 2. The summed E-state index contributed by atoms with van der Waals surface area (Å²) in [4.78, 5) is 28.1. The second kappa shape index (κ2) is 11.0. The number of carbonyl (C=O) groups is 2. The van der Waals surface area contributed by atoms with Gasteiger partial charge >= 0.3 is 0 Å². The van der Waals surface area contributed by atoms with Crippen LogP contribution in [0, 0.1) is 5.82 Å². The molecule has 1 aliphatic rings. The Balaban J connectivity index is 1.58. The van der Waals surface area contributed by atoms with Crippen LogP contribution >= 0.6 is 23.8 Å². The fourth-order valence-corrected chi connectivity index (χ4v) is 5.33. The first-order valence-electron chi connectivity index (χ1n) is 12.7. The number of halogens is 2. The van der Waals surface area contributed by atoms with Crippen molar-refractivity contribution in [3.05, 3.63) is 137 Å². The molecule has 0 aliphatic carbocycles. The Bertz CT molecular complexity index is 1840. The summed E-state index contributed by atoms with van der Waals surface area (Å²) in [6.07, 6.45) is 1.58. The molecule has 0 unspecified atom stereocenters. The summed E-state index contributed by atoms with van der Waals surface area (Å²) in [6, 6.07) is 35.3. The van der Waals surface area contributed by atoms with Gasteiger partial charge in [-0.1, -0.05) is 90.5 Å². The van der Waals surface area contributed by atoms with E-state index in [1.807, 2.05) is 97.1 Å². The van der Waals surface area contributed by atoms with E-state index < -0.39 is 17.6 Å². The van der Waals surface area contributed by atoms with E-state index in [4.69, 9.17) is 23.8 Å². The van der Waals surface area contributed by atoms with Gasteiger partial charge in [0.05, 0.1) is 22.1 Å². The zero-order valence-electron chi connectivity index (χ0n) is 21.4. The van der Waals surface area contributed by atoms with Gasteiger partial charge in [-0.3, -0.25) is 19.8 Å². The second-order valence-corrected chi connectivity index (χ2v) is 10.1. The number of anilines is 1. The molecule has 0 spiro atoms. The van der Waals surface area contributed by atoms with Gasteiger partial charge in [0.1, 0.15) is 11.4 Å². The van der Waals surface area contributed by atoms with Gasteiger partial charge in [-0.2, -0.15) is 0 Å². The lowest BCUT2D eigenvalue weighted by atomic mass is 10.0. The number of amides is 2. The SMILES string of the molecule is O=C1NC(=S)N(c2ccc(F)c(Cl)c2)C(=O)/C1=C\c1cc(-c2ccccc2)n(-c2ccccc2)c1-c1ccccc1. The van der Waals surface area contributed by atoms with E-state index in [0.29, 0.717) is 5.56 Å². The lowest BCUT2D eigenvalue weighted by Gasteiger charge is -2.29. The monoisotopic (exact) mass is 577 g/mol. The minimum atomic E-state index is -0.644. The summed E-state index contributed by atoms with van der Waals surface area (Å²) >= 11 is 11.3. The molecule has 2 heterocycles. The molecule has 4 aromatic carbocycles. The molecule has 2 amide bonds. The van der Waals surface area contributed by atoms with Crippen molar-refractivity contribution in [2.45, 2.75) is 0 Å². The molecule has 5 aromatic rings. The predicted molar refractivity (Wildman–Crippen MR) is 164 cm³/mol. The highest BCUT2D eigenvalue weighted by Gasteiger charge is 2.35. The maximum atomic E-state index is 13.9. The van der Waals surface area contributed by atoms with E-state index in [1.165, 1.54) is 12.1 Å². The molecule has 0 saturated carbocycles. The van der Waals surface area contributed by atoms with Crippen molar-refractivity contribution in [1.29, 1.82) is 0 Å². The quantitative estimate of drug-likeness (QED) is 0.134. The molecule has 1 saturated heterocycles. The van der Waals surface area contributed by atoms with Crippen molar-refractivity contribution in [2.75, 3.05) is 4.90 Å². The Morgan fingerprint density at radius 3 is 2.00 bits per heavy atom. The van der Waals surface area contributed by atoms with Gasteiger partial charge in [-0.15, -0.1) is 0 Å². The molecule has 0 radical (unpaired) electrons. The highest BCUT2D eigenvalue weighted by molar-refractivity contribution is 7.80. The van der Waals surface area contributed by atoms with Crippen LogP contribution in [0.3, 0.4) is 0 Å². The molecule has 6 rings (SSSR count). The first-order chi connectivity index (χ1) is 19.9. The van der Waals surface area contributed by atoms with E-state index in [0.717, 1.165) is 39.2 Å². The number of hydrogen-bond acceptors (Lipinski definition) is 3. The molecule has 1 N–H and O–H groups in total. The lowest BCUT2D eigenvalue weighted by Crippen LogP contribution is -2.54. The highest BCUT2D eigenvalue weighted by Crippen LogP contribution is 2.37. The van der Waals surface area contributed by atoms with Gasteiger partial charge in [-0.25, -0.2) is 4.39 Å². The zero-order valence-corrected chi connectivity index (χ0v) is 23.0. The number of aromatic nitrogens is 1. The number of rotatable bonds is 5. The van der Waals surface area contributed by atoms with Crippen molar-refractivity contribution >= 4 is 52.5 Å². The Labute approximate surface area is 246 Å². The van der Waals surface area contributed by atoms with Crippen LogP contribution in [0.1, 0.15) is 5.56 Å². The number of carbonyl (C=O) groups excluding carboxylic acids is 2. The van der Waals surface area contributed by atoms with E-state index >= 15 is 0 Å². The Hall–Kier alpha value is -4.85. The standard InChI is InChI=1S/C33H21ClFN3O2S/c34-27-20-25(16-17-28(27)35)38-32(40)26(31(39)36-33(38)41)18-23-19-29(21-10-4-1-5-11-21)37(24-14-8-3-9-15-24)30(23)22-12-6-2-7-13-22/h1-20H,(H,36,39,41)/b26-18-. The van der Waals surface area contributed by atoms with Gasteiger partial charge < -0.3 is 4.57 Å². The molecule has 5 nitrogen and oxygen atoms in total. The third kappa shape index (κ3) is 4.97. The average Bonchev–Trinajstić information content (AvgIpc) is 3.37. The number of hydrogen-bond donors (Lipinski definition) is 1. The van der Waals surface area contributed by atoms with Gasteiger partial charge in [-0.05, 0) is 65.8 Å². The van der Waals surface area contributed by atoms with Crippen molar-refractivity contribution in [2.24, 2.45) is 0 Å². The van der Waals surface area contributed by atoms with Gasteiger partial charge in [0.25, 0.3) is 11.8 Å². The van der Waals surface area contributed by atoms with Gasteiger partial charge in [0.15, 0.2) is 5.11 Å². The van der Waals surface area contributed by atoms with Crippen LogP contribution in [0.2, 0.25) is 5.02 Å². The molecule has 0 bridgehead atoms. The molecular formula is C33H21ClFN3O2S. The number of thiocarbonyl (C=S) groups is 1. The van der Waals surface area contributed by atoms with Crippen LogP contribution in [0.4, 0.5) is 10.1 Å². The van der Waals surface area contributed by atoms with Crippen molar-refractivity contribution in [1.82, 2.24) is 9.88 Å². The van der Waals surface area contributed by atoms with Gasteiger partial charge in [0.2, 0.25) is 0 Å². The average molecular weight is 578 g/mol. The molecule has 41 heavy (non-hydrogen) atoms. The van der Waals surface area contributed by atoms with Gasteiger partial charge in [0, 0.05) is 11.3 Å². The summed E-state index contributed by atoms with van der Waals surface area (Å²) in [5.41, 5.74) is 5.22. The van der Waals surface area contributed by atoms with Crippen LogP contribution < -0.4 is 10.2 Å². The molecule has 1 fully saturated rings. The number of benzene rings is 4. The third-order valence-electron chi connectivity index (χ3n) is 6.72. The van der Waals surface area contributed by atoms with E-state index in [1.54, 1.807) is 6.08 Å². The maximum Gasteiger partial charge on any atom is 0.270 e. The Kier molecular flexibility index (Phi) is 7.05. The largest absolute Gasteiger partial charge is 0.309 e. The first kappa shape index (κ1) is 26.4. The summed E-state index contributed by atoms with van der Waals surface area (Å²) in [5.74, 6) is -1.90. The van der Waals surface area contributed by atoms with Crippen LogP contribution in [0.25, 0.3) is 34.3 Å². The first-order valence-corrected chi connectivity index (χ1v) is 13.5. The van der Waals surface area contributed by atoms with Crippen molar-refractivity contribution in [3.63, 3.8) is 0 Å². The maximum absolute atomic E-state index is 13.9. The summed E-state index contributed by atoms with van der Waals surface area (Å²) < 4.78 is 16.0. The van der Waals surface area contributed by atoms with E-state index in [9.17, 15) is 14.0 Å². The van der Waals surface area contributed by atoms with Crippen LogP contribution in [-0.4, -0.2) is 21.5 Å². The normalized spacial score (nSPS) is 14.4. The summed E-state index contributed by atoms with van der Waals surface area (Å²) in [7, 11) is 0.